The Labute approximate surface area is 146 Å². The number of fused-ring (bicyclic) bond motifs is 1. The van der Waals surface area contributed by atoms with E-state index < -0.39 is 0 Å². The SMILES string of the molecule is Cn1ccc(C(=O)N2CCC[C@H]2c2nnc3n2CCCCC3)cc1=O. The fraction of sp³-hybridized carbons (Fsp3) is 0.556. The van der Waals surface area contributed by atoms with E-state index in [-0.39, 0.29) is 17.5 Å². The van der Waals surface area contributed by atoms with Crippen molar-refractivity contribution in [2.45, 2.75) is 51.1 Å². The summed E-state index contributed by atoms with van der Waals surface area (Å²) >= 11 is 0. The molecular weight excluding hydrogens is 318 g/mol. The van der Waals surface area contributed by atoms with Gasteiger partial charge in [0.25, 0.3) is 11.5 Å². The molecule has 0 spiro atoms. The molecule has 25 heavy (non-hydrogen) atoms. The first-order valence-corrected chi connectivity index (χ1v) is 9.05. The van der Waals surface area contributed by atoms with E-state index in [4.69, 9.17) is 0 Å². The maximum Gasteiger partial charge on any atom is 0.254 e. The zero-order chi connectivity index (χ0) is 17.4. The Balaban J connectivity index is 1.64. The Morgan fingerprint density at radius 2 is 2.04 bits per heavy atom. The summed E-state index contributed by atoms with van der Waals surface area (Å²) in [5.41, 5.74) is 0.281. The number of rotatable bonds is 2. The van der Waals surface area contributed by atoms with Crippen LogP contribution in [0.5, 0.6) is 0 Å². The van der Waals surface area contributed by atoms with Crippen LogP contribution in [0.3, 0.4) is 0 Å². The largest absolute Gasteiger partial charge is 0.328 e. The molecule has 4 rings (SSSR count). The van der Waals surface area contributed by atoms with Gasteiger partial charge in [-0.25, -0.2) is 0 Å². The van der Waals surface area contributed by atoms with Crippen molar-refractivity contribution in [3.8, 4) is 0 Å². The molecule has 1 fully saturated rings. The summed E-state index contributed by atoms with van der Waals surface area (Å²) in [6, 6.07) is 3.08. The monoisotopic (exact) mass is 341 g/mol. The van der Waals surface area contributed by atoms with E-state index in [2.05, 4.69) is 14.8 Å². The Morgan fingerprint density at radius 1 is 1.16 bits per heavy atom. The van der Waals surface area contributed by atoms with Crippen LogP contribution in [0.1, 0.15) is 60.2 Å². The van der Waals surface area contributed by atoms with E-state index in [1.54, 1.807) is 19.3 Å². The highest BCUT2D eigenvalue weighted by atomic mass is 16.2. The van der Waals surface area contributed by atoms with Gasteiger partial charge in [0.1, 0.15) is 5.82 Å². The minimum Gasteiger partial charge on any atom is -0.328 e. The second-order valence-electron chi connectivity index (χ2n) is 6.96. The lowest BCUT2D eigenvalue weighted by Crippen LogP contribution is -2.33. The summed E-state index contributed by atoms with van der Waals surface area (Å²) in [5, 5.41) is 8.81. The first-order valence-electron chi connectivity index (χ1n) is 9.05. The summed E-state index contributed by atoms with van der Waals surface area (Å²) in [5.74, 6) is 1.86. The first kappa shape index (κ1) is 16.1. The average Bonchev–Trinajstić information content (AvgIpc) is 3.17. The van der Waals surface area contributed by atoms with Crippen LogP contribution in [0, 0.1) is 0 Å². The number of amides is 1. The highest BCUT2D eigenvalue weighted by Crippen LogP contribution is 2.33. The van der Waals surface area contributed by atoms with Crippen molar-refractivity contribution in [1.29, 1.82) is 0 Å². The summed E-state index contributed by atoms with van der Waals surface area (Å²) in [7, 11) is 1.68. The van der Waals surface area contributed by atoms with Crippen molar-refractivity contribution >= 4 is 5.91 Å². The standard InChI is InChI=1S/C18H23N5O2/c1-21-11-8-13(12-16(21)24)18(25)22-10-5-6-14(22)17-20-19-15-7-3-2-4-9-23(15)17/h8,11-12,14H,2-7,9-10H2,1H3/t14-/m0/s1. The Hall–Kier alpha value is -2.44. The number of carbonyl (C=O) groups is 1. The summed E-state index contributed by atoms with van der Waals surface area (Å²) in [6.07, 6.45) is 7.94. The number of carbonyl (C=O) groups excluding carboxylic acids is 1. The van der Waals surface area contributed by atoms with Crippen LogP contribution in [-0.2, 0) is 20.0 Å². The van der Waals surface area contributed by atoms with Crippen LogP contribution < -0.4 is 5.56 Å². The third-order valence-electron chi connectivity index (χ3n) is 5.30. The Morgan fingerprint density at radius 3 is 2.88 bits per heavy atom. The predicted molar refractivity (Wildman–Crippen MR) is 92.3 cm³/mol. The summed E-state index contributed by atoms with van der Waals surface area (Å²) in [4.78, 5) is 26.7. The van der Waals surface area contributed by atoms with Gasteiger partial charge in [0, 0.05) is 44.4 Å². The average molecular weight is 341 g/mol. The maximum absolute atomic E-state index is 13.0. The number of hydrogen-bond acceptors (Lipinski definition) is 4. The van der Waals surface area contributed by atoms with Crippen LogP contribution in [0.25, 0.3) is 0 Å². The molecule has 1 amide bonds. The molecular formula is C18H23N5O2. The van der Waals surface area contributed by atoms with Crippen LogP contribution >= 0.6 is 0 Å². The highest BCUT2D eigenvalue weighted by molar-refractivity contribution is 5.94. The molecule has 0 saturated carbocycles. The molecule has 0 bridgehead atoms. The molecule has 2 aliphatic rings. The second kappa shape index (κ2) is 6.46. The number of nitrogens with zero attached hydrogens (tertiary/aromatic N) is 5. The smallest absolute Gasteiger partial charge is 0.254 e. The predicted octanol–water partition coefficient (Wildman–Crippen LogP) is 1.68. The van der Waals surface area contributed by atoms with Crippen molar-refractivity contribution in [2.24, 2.45) is 7.05 Å². The van der Waals surface area contributed by atoms with Crippen LogP contribution in [-0.4, -0.2) is 36.7 Å². The lowest BCUT2D eigenvalue weighted by atomic mass is 10.1. The van der Waals surface area contributed by atoms with Gasteiger partial charge in [0.2, 0.25) is 0 Å². The van der Waals surface area contributed by atoms with Crippen molar-refractivity contribution < 1.29 is 4.79 Å². The van der Waals surface area contributed by atoms with Crippen molar-refractivity contribution in [1.82, 2.24) is 24.2 Å². The highest BCUT2D eigenvalue weighted by Gasteiger charge is 2.35. The molecule has 0 aliphatic carbocycles. The van der Waals surface area contributed by atoms with Gasteiger partial charge in [-0.15, -0.1) is 10.2 Å². The van der Waals surface area contributed by atoms with E-state index in [0.717, 1.165) is 50.3 Å². The van der Waals surface area contributed by atoms with E-state index in [1.165, 1.54) is 17.1 Å². The van der Waals surface area contributed by atoms with Crippen molar-refractivity contribution in [2.75, 3.05) is 6.54 Å². The number of hydrogen-bond donors (Lipinski definition) is 0. The lowest BCUT2D eigenvalue weighted by Gasteiger charge is -2.24. The number of aryl methyl sites for hydroxylation is 2. The zero-order valence-corrected chi connectivity index (χ0v) is 14.5. The van der Waals surface area contributed by atoms with Crippen molar-refractivity contribution in [3.05, 3.63) is 45.9 Å². The van der Waals surface area contributed by atoms with Crippen LogP contribution in [0.2, 0.25) is 0 Å². The van der Waals surface area contributed by atoms with Gasteiger partial charge in [-0.2, -0.15) is 0 Å². The summed E-state index contributed by atoms with van der Waals surface area (Å²) < 4.78 is 3.68. The first-order chi connectivity index (χ1) is 12.1. The molecule has 1 saturated heterocycles. The number of aromatic nitrogens is 4. The number of likely N-dealkylation sites (tertiary alicyclic amines) is 1. The topological polar surface area (TPSA) is 73.0 Å². The second-order valence-corrected chi connectivity index (χ2v) is 6.96. The van der Waals surface area contributed by atoms with Gasteiger partial charge in [0.15, 0.2) is 5.82 Å². The molecule has 1 atom stereocenters. The van der Waals surface area contributed by atoms with Gasteiger partial charge in [-0.1, -0.05) is 6.42 Å². The summed E-state index contributed by atoms with van der Waals surface area (Å²) in [6.45, 7) is 1.63. The molecule has 0 N–H and O–H groups in total. The molecule has 0 aromatic carbocycles. The quantitative estimate of drug-likeness (QED) is 0.833. The van der Waals surface area contributed by atoms with E-state index in [1.807, 2.05) is 4.90 Å². The van der Waals surface area contributed by atoms with E-state index in [9.17, 15) is 9.59 Å². The molecule has 7 nitrogen and oxygen atoms in total. The lowest BCUT2D eigenvalue weighted by molar-refractivity contribution is 0.0726. The van der Waals surface area contributed by atoms with E-state index >= 15 is 0 Å². The third kappa shape index (κ3) is 2.88. The minimum absolute atomic E-state index is 0.0455. The van der Waals surface area contributed by atoms with Crippen LogP contribution in [0.15, 0.2) is 23.1 Å². The van der Waals surface area contributed by atoms with Gasteiger partial charge < -0.3 is 14.0 Å². The molecule has 4 heterocycles. The van der Waals surface area contributed by atoms with Gasteiger partial charge in [0.05, 0.1) is 6.04 Å². The molecule has 0 unspecified atom stereocenters. The molecule has 2 aliphatic heterocycles. The van der Waals surface area contributed by atoms with Crippen LogP contribution in [0.4, 0.5) is 0 Å². The van der Waals surface area contributed by atoms with Gasteiger partial charge in [-0.3, -0.25) is 9.59 Å². The maximum atomic E-state index is 13.0. The molecule has 7 heteroatoms. The van der Waals surface area contributed by atoms with Gasteiger partial charge >= 0.3 is 0 Å². The zero-order valence-electron chi connectivity index (χ0n) is 14.5. The van der Waals surface area contributed by atoms with E-state index in [0.29, 0.717) is 12.1 Å². The minimum atomic E-state index is -0.169. The fourth-order valence-electron chi connectivity index (χ4n) is 3.88. The van der Waals surface area contributed by atoms with Gasteiger partial charge in [-0.05, 0) is 31.7 Å². The fourth-order valence-corrected chi connectivity index (χ4v) is 3.88. The molecule has 2 aromatic heterocycles. The normalized spacial score (nSPS) is 20.4. The third-order valence-corrected chi connectivity index (χ3v) is 5.30. The van der Waals surface area contributed by atoms with Crippen molar-refractivity contribution in [3.63, 3.8) is 0 Å². The molecule has 132 valence electrons. The Bertz CT molecular complexity index is 853. The number of pyridine rings is 1. The Kier molecular flexibility index (Phi) is 4.15. The molecule has 0 radical (unpaired) electrons. The molecule has 2 aromatic rings.